The molecular formula is C16H13NOSe. The van der Waals surface area contributed by atoms with E-state index in [4.69, 9.17) is 9.72 Å². The molecule has 2 aromatic carbocycles. The summed E-state index contributed by atoms with van der Waals surface area (Å²) in [6.07, 6.45) is 0. The van der Waals surface area contributed by atoms with Gasteiger partial charge in [0.15, 0.2) is 0 Å². The second-order valence-corrected chi connectivity index (χ2v) is 5.93. The molecule has 3 heteroatoms. The van der Waals surface area contributed by atoms with Crippen molar-refractivity contribution in [2.45, 2.75) is 0 Å². The van der Waals surface area contributed by atoms with Crippen LogP contribution in [0.5, 0.6) is 5.75 Å². The number of aromatic nitrogens is 1. The first kappa shape index (κ1) is 12.2. The molecule has 0 amide bonds. The van der Waals surface area contributed by atoms with Gasteiger partial charge in [-0.05, 0) is 0 Å². The van der Waals surface area contributed by atoms with Gasteiger partial charge in [0, 0.05) is 0 Å². The zero-order valence-corrected chi connectivity index (χ0v) is 12.3. The van der Waals surface area contributed by atoms with Crippen molar-refractivity contribution < 1.29 is 4.74 Å². The molecular weight excluding hydrogens is 301 g/mol. The Balaban J connectivity index is 1.92. The molecule has 0 saturated carbocycles. The number of rotatable bonds is 3. The SMILES string of the molecule is COc1ccc(-c2nc(-c3ccccc3)c[se]2)cc1. The number of ether oxygens (including phenoxy) is 1. The average molecular weight is 314 g/mol. The van der Waals surface area contributed by atoms with Crippen LogP contribution in [0.3, 0.4) is 0 Å². The summed E-state index contributed by atoms with van der Waals surface area (Å²) in [5, 5.41) is 0. The van der Waals surface area contributed by atoms with Gasteiger partial charge in [0.1, 0.15) is 0 Å². The van der Waals surface area contributed by atoms with Crippen molar-refractivity contribution in [1.82, 2.24) is 4.98 Å². The molecule has 0 saturated heterocycles. The van der Waals surface area contributed by atoms with Crippen molar-refractivity contribution in [1.29, 1.82) is 0 Å². The topological polar surface area (TPSA) is 22.1 Å². The monoisotopic (exact) mass is 315 g/mol. The molecule has 0 spiro atoms. The van der Waals surface area contributed by atoms with Gasteiger partial charge in [0.25, 0.3) is 0 Å². The van der Waals surface area contributed by atoms with Gasteiger partial charge in [0.2, 0.25) is 0 Å². The minimum atomic E-state index is 0.305. The van der Waals surface area contributed by atoms with Gasteiger partial charge < -0.3 is 0 Å². The number of hydrogen-bond acceptors (Lipinski definition) is 2. The molecule has 94 valence electrons. The fourth-order valence-electron chi connectivity index (χ4n) is 1.88. The van der Waals surface area contributed by atoms with Crippen LogP contribution in [0.1, 0.15) is 0 Å². The molecule has 2 nitrogen and oxygen atoms in total. The van der Waals surface area contributed by atoms with Crippen molar-refractivity contribution in [3.8, 4) is 27.1 Å². The first-order valence-corrected chi connectivity index (χ1v) is 7.87. The van der Waals surface area contributed by atoms with Crippen molar-refractivity contribution in [2.75, 3.05) is 7.11 Å². The fourth-order valence-corrected chi connectivity index (χ4v) is 3.63. The summed E-state index contributed by atoms with van der Waals surface area (Å²) in [4.78, 5) is 6.99. The van der Waals surface area contributed by atoms with Crippen LogP contribution in [0.25, 0.3) is 21.4 Å². The van der Waals surface area contributed by atoms with E-state index in [0.717, 1.165) is 11.4 Å². The van der Waals surface area contributed by atoms with Crippen LogP contribution in [0.15, 0.2) is 59.5 Å². The Bertz CT molecular complexity index is 659. The normalized spacial score (nSPS) is 10.4. The van der Waals surface area contributed by atoms with Gasteiger partial charge >= 0.3 is 118 Å². The maximum atomic E-state index is 5.17. The molecule has 0 unspecified atom stereocenters. The minimum absolute atomic E-state index is 0.305. The van der Waals surface area contributed by atoms with E-state index in [1.807, 2.05) is 30.3 Å². The first-order chi connectivity index (χ1) is 9.36. The Morgan fingerprint density at radius 3 is 2.32 bits per heavy atom. The molecule has 3 aromatic rings. The van der Waals surface area contributed by atoms with E-state index in [2.05, 4.69) is 29.2 Å². The van der Waals surface area contributed by atoms with Gasteiger partial charge in [-0.3, -0.25) is 0 Å². The first-order valence-electron chi connectivity index (χ1n) is 6.02. The third-order valence-electron chi connectivity index (χ3n) is 2.91. The molecule has 19 heavy (non-hydrogen) atoms. The predicted octanol–water partition coefficient (Wildman–Crippen LogP) is 3.48. The molecule has 0 aliphatic rings. The third-order valence-corrected chi connectivity index (χ3v) is 4.78. The van der Waals surface area contributed by atoms with Gasteiger partial charge in [-0.1, -0.05) is 0 Å². The van der Waals surface area contributed by atoms with Crippen molar-refractivity contribution in [3.63, 3.8) is 0 Å². The predicted molar refractivity (Wildman–Crippen MR) is 78.6 cm³/mol. The molecule has 1 aromatic heterocycles. The summed E-state index contributed by atoms with van der Waals surface area (Å²) in [5.41, 5.74) is 3.46. The zero-order valence-electron chi connectivity index (χ0n) is 10.5. The van der Waals surface area contributed by atoms with E-state index in [1.54, 1.807) is 7.11 Å². The molecule has 0 aliphatic heterocycles. The second kappa shape index (κ2) is 5.43. The molecule has 3 rings (SSSR count). The van der Waals surface area contributed by atoms with Gasteiger partial charge in [-0.25, -0.2) is 0 Å². The standard InChI is InChI=1S/C16H13NOSe/c1-18-14-9-7-13(8-10-14)16-17-15(11-19-16)12-5-3-2-4-6-12/h2-11H,1H3. The van der Waals surface area contributed by atoms with Crippen molar-refractivity contribution >= 4 is 14.5 Å². The van der Waals surface area contributed by atoms with Gasteiger partial charge in [-0.2, -0.15) is 0 Å². The molecule has 0 bridgehead atoms. The summed E-state index contributed by atoms with van der Waals surface area (Å²) < 4.78 is 6.35. The van der Waals surface area contributed by atoms with Gasteiger partial charge in [0.05, 0.1) is 0 Å². The van der Waals surface area contributed by atoms with E-state index in [-0.39, 0.29) is 0 Å². The number of methoxy groups -OCH3 is 1. The summed E-state index contributed by atoms with van der Waals surface area (Å²) in [7, 11) is 1.68. The van der Waals surface area contributed by atoms with Gasteiger partial charge in [-0.15, -0.1) is 0 Å². The fraction of sp³-hybridized carbons (Fsp3) is 0.0625. The molecule has 0 aliphatic carbocycles. The van der Waals surface area contributed by atoms with Crippen molar-refractivity contribution in [3.05, 3.63) is 59.5 Å². The summed E-state index contributed by atoms with van der Waals surface area (Å²) in [6, 6.07) is 18.4. The quantitative estimate of drug-likeness (QED) is 0.691. The summed E-state index contributed by atoms with van der Waals surface area (Å²) >= 11 is 0.305. The average Bonchev–Trinajstić information content (AvgIpc) is 2.98. The summed E-state index contributed by atoms with van der Waals surface area (Å²) in [6.45, 7) is 0. The Morgan fingerprint density at radius 2 is 1.63 bits per heavy atom. The van der Waals surface area contributed by atoms with E-state index < -0.39 is 0 Å². The van der Waals surface area contributed by atoms with Crippen molar-refractivity contribution in [2.24, 2.45) is 0 Å². The molecule has 0 fully saturated rings. The Morgan fingerprint density at radius 1 is 0.895 bits per heavy atom. The molecule has 0 atom stereocenters. The molecule has 1 heterocycles. The Labute approximate surface area is 118 Å². The zero-order chi connectivity index (χ0) is 13.1. The summed E-state index contributed by atoms with van der Waals surface area (Å²) in [5.74, 6) is 0.881. The van der Waals surface area contributed by atoms with Crippen LogP contribution < -0.4 is 4.74 Å². The maximum absolute atomic E-state index is 5.17. The van der Waals surface area contributed by atoms with E-state index in [1.165, 1.54) is 15.7 Å². The van der Waals surface area contributed by atoms with E-state index >= 15 is 0 Å². The van der Waals surface area contributed by atoms with Crippen LogP contribution in [0.4, 0.5) is 0 Å². The van der Waals surface area contributed by atoms with E-state index in [0.29, 0.717) is 14.5 Å². The Kier molecular flexibility index (Phi) is 3.49. The van der Waals surface area contributed by atoms with Crippen LogP contribution >= 0.6 is 0 Å². The van der Waals surface area contributed by atoms with E-state index in [9.17, 15) is 0 Å². The van der Waals surface area contributed by atoms with Crippen LogP contribution in [-0.2, 0) is 0 Å². The number of hydrogen-bond donors (Lipinski definition) is 0. The van der Waals surface area contributed by atoms with Crippen LogP contribution in [0, 0.1) is 0 Å². The van der Waals surface area contributed by atoms with Crippen LogP contribution in [-0.4, -0.2) is 26.6 Å². The third kappa shape index (κ3) is 2.62. The number of nitrogens with zero attached hydrogens (tertiary/aromatic N) is 1. The Hall–Kier alpha value is -1.83. The second-order valence-electron chi connectivity index (χ2n) is 4.13. The number of benzene rings is 2. The molecule has 0 radical (unpaired) electrons. The molecule has 0 N–H and O–H groups in total. The van der Waals surface area contributed by atoms with Crippen LogP contribution in [0.2, 0.25) is 0 Å².